The Morgan fingerprint density at radius 2 is 1.89 bits per heavy atom. The number of carbonyl (C=O) groups excluding carboxylic acids is 1. The highest BCUT2D eigenvalue weighted by atomic mass is 32.2. The van der Waals surface area contributed by atoms with Crippen LogP contribution in [-0.4, -0.2) is 33.0 Å². The highest BCUT2D eigenvalue weighted by Gasteiger charge is 2.20. The summed E-state index contributed by atoms with van der Waals surface area (Å²) in [5.41, 5.74) is 1.64. The van der Waals surface area contributed by atoms with Crippen molar-refractivity contribution in [3.05, 3.63) is 82.9 Å². The number of halogens is 1. The number of nitrogens with zero attached hydrogens (tertiary/aromatic N) is 2. The Kier molecular flexibility index (Phi) is 5.14. The standard InChI is InChI=1S/C25H17FN4O4S/c26-16-6-2-4-8-18(16)30-24(32)23-22(15-5-1-3-7-17(15)28-23)29-25(30)35-12-21(31)27-14-9-10-19-20(11-14)34-13-33-19/h1-11,28H,12-13H2,(H,27,31). The second-order valence-electron chi connectivity index (χ2n) is 7.79. The molecule has 3 heterocycles. The minimum atomic E-state index is -0.571. The molecule has 0 saturated heterocycles. The van der Waals surface area contributed by atoms with Crippen LogP contribution in [0.4, 0.5) is 10.1 Å². The molecular weight excluding hydrogens is 471 g/mol. The molecule has 3 aromatic carbocycles. The first-order valence-electron chi connectivity index (χ1n) is 10.7. The number of nitrogens with one attached hydrogen (secondary N) is 2. The summed E-state index contributed by atoms with van der Waals surface area (Å²) in [7, 11) is 0. The lowest BCUT2D eigenvalue weighted by Gasteiger charge is -2.13. The summed E-state index contributed by atoms with van der Waals surface area (Å²) < 4.78 is 26.6. The lowest BCUT2D eigenvalue weighted by atomic mass is 10.2. The largest absolute Gasteiger partial charge is 0.454 e. The van der Waals surface area contributed by atoms with Crippen molar-refractivity contribution >= 4 is 45.3 Å². The molecule has 0 bridgehead atoms. The number of ether oxygens (including phenoxy) is 2. The number of H-pyrrole nitrogens is 1. The fourth-order valence-electron chi connectivity index (χ4n) is 3.99. The summed E-state index contributed by atoms with van der Waals surface area (Å²) in [6, 6.07) is 18.5. The predicted octanol–water partition coefficient (Wildman–Crippen LogP) is 4.47. The number of rotatable bonds is 5. The van der Waals surface area contributed by atoms with Crippen molar-refractivity contribution in [1.29, 1.82) is 0 Å². The molecule has 6 rings (SSSR count). The van der Waals surface area contributed by atoms with Crippen molar-refractivity contribution in [3.8, 4) is 17.2 Å². The molecule has 174 valence electrons. The van der Waals surface area contributed by atoms with Crippen molar-refractivity contribution in [3.63, 3.8) is 0 Å². The second kappa shape index (κ2) is 8.48. The van der Waals surface area contributed by atoms with Crippen LogP contribution in [0.2, 0.25) is 0 Å². The number of carbonyl (C=O) groups is 1. The molecule has 0 saturated carbocycles. The normalized spacial score (nSPS) is 12.4. The number of hydrogen-bond donors (Lipinski definition) is 2. The highest BCUT2D eigenvalue weighted by molar-refractivity contribution is 7.99. The zero-order valence-corrected chi connectivity index (χ0v) is 18.9. The third-order valence-corrected chi connectivity index (χ3v) is 6.51. The van der Waals surface area contributed by atoms with E-state index in [0.717, 1.165) is 22.7 Å². The molecule has 0 aliphatic carbocycles. The van der Waals surface area contributed by atoms with Crippen LogP contribution >= 0.6 is 11.8 Å². The van der Waals surface area contributed by atoms with Crippen molar-refractivity contribution in [1.82, 2.24) is 14.5 Å². The molecule has 2 aromatic heterocycles. The summed E-state index contributed by atoms with van der Waals surface area (Å²) in [5, 5.41) is 3.78. The van der Waals surface area contributed by atoms with Gasteiger partial charge in [-0.2, -0.15) is 0 Å². The summed E-state index contributed by atoms with van der Waals surface area (Å²) in [6.07, 6.45) is 0. The monoisotopic (exact) mass is 488 g/mol. The third kappa shape index (κ3) is 3.77. The van der Waals surface area contributed by atoms with E-state index in [1.165, 1.54) is 16.7 Å². The van der Waals surface area contributed by atoms with Gasteiger partial charge in [0, 0.05) is 22.7 Å². The molecule has 1 aliphatic rings. The minimum Gasteiger partial charge on any atom is -0.454 e. The number of hydrogen-bond acceptors (Lipinski definition) is 6. The molecular formula is C25H17FN4O4S. The average molecular weight is 489 g/mol. The molecule has 35 heavy (non-hydrogen) atoms. The van der Waals surface area contributed by atoms with Gasteiger partial charge in [0.1, 0.15) is 16.9 Å². The van der Waals surface area contributed by atoms with E-state index < -0.39 is 11.4 Å². The summed E-state index contributed by atoms with van der Waals surface area (Å²) in [4.78, 5) is 34.0. The van der Waals surface area contributed by atoms with Crippen molar-refractivity contribution in [2.45, 2.75) is 5.16 Å². The Labute approximate surface area is 201 Å². The van der Waals surface area contributed by atoms with Gasteiger partial charge in [-0.3, -0.25) is 14.2 Å². The summed E-state index contributed by atoms with van der Waals surface area (Å²) in [5.74, 6) is 0.224. The maximum atomic E-state index is 14.7. The van der Waals surface area contributed by atoms with Gasteiger partial charge in [-0.15, -0.1) is 0 Å². The Hall–Kier alpha value is -4.31. The van der Waals surface area contributed by atoms with Crippen LogP contribution in [0.25, 0.3) is 27.6 Å². The number of thioether (sulfide) groups is 1. The molecule has 0 unspecified atom stereocenters. The van der Waals surface area contributed by atoms with Crippen LogP contribution in [-0.2, 0) is 4.79 Å². The number of amides is 1. The predicted molar refractivity (Wildman–Crippen MR) is 131 cm³/mol. The van der Waals surface area contributed by atoms with E-state index in [0.29, 0.717) is 22.7 Å². The van der Waals surface area contributed by atoms with Crippen LogP contribution < -0.4 is 20.3 Å². The van der Waals surface area contributed by atoms with Gasteiger partial charge in [0.05, 0.1) is 11.4 Å². The van der Waals surface area contributed by atoms with Crippen molar-refractivity contribution in [2.24, 2.45) is 0 Å². The van der Waals surface area contributed by atoms with Gasteiger partial charge in [-0.05, 0) is 30.3 Å². The van der Waals surface area contributed by atoms with E-state index in [4.69, 9.17) is 9.47 Å². The lowest BCUT2D eigenvalue weighted by Crippen LogP contribution is -2.23. The molecule has 2 N–H and O–H groups in total. The van der Waals surface area contributed by atoms with Gasteiger partial charge in [0.15, 0.2) is 16.7 Å². The Morgan fingerprint density at radius 1 is 1.09 bits per heavy atom. The number of fused-ring (bicyclic) bond motifs is 4. The van der Waals surface area contributed by atoms with E-state index in [1.807, 2.05) is 24.3 Å². The van der Waals surface area contributed by atoms with E-state index >= 15 is 0 Å². The van der Waals surface area contributed by atoms with Gasteiger partial charge >= 0.3 is 0 Å². The molecule has 0 fully saturated rings. The molecule has 8 nitrogen and oxygen atoms in total. The number of aromatic amines is 1. The van der Waals surface area contributed by atoms with Gasteiger partial charge in [0.25, 0.3) is 5.56 Å². The maximum absolute atomic E-state index is 14.7. The highest BCUT2D eigenvalue weighted by Crippen LogP contribution is 2.34. The molecule has 10 heteroatoms. The SMILES string of the molecule is O=C(CSc1nc2c([nH]c3ccccc32)c(=O)n1-c1ccccc1F)Nc1ccc2c(c1)OCO2. The quantitative estimate of drug-likeness (QED) is 0.280. The van der Waals surface area contributed by atoms with Gasteiger partial charge < -0.3 is 19.8 Å². The van der Waals surface area contributed by atoms with E-state index in [1.54, 1.807) is 30.3 Å². The average Bonchev–Trinajstić information content (AvgIpc) is 3.48. The first kappa shape index (κ1) is 21.2. The summed E-state index contributed by atoms with van der Waals surface area (Å²) in [6.45, 7) is 0.137. The molecule has 1 amide bonds. The van der Waals surface area contributed by atoms with E-state index in [-0.39, 0.29) is 34.8 Å². The number of anilines is 1. The van der Waals surface area contributed by atoms with Crippen LogP contribution in [0.3, 0.4) is 0 Å². The molecule has 0 radical (unpaired) electrons. The first-order valence-corrected chi connectivity index (χ1v) is 11.7. The fourth-order valence-corrected chi connectivity index (χ4v) is 4.78. The third-order valence-electron chi connectivity index (χ3n) is 5.58. The Morgan fingerprint density at radius 3 is 2.77 bits per heavy atom. The fraction of sp³-hybridized carbons (Fsp3) is 0.0800. The van der Waals surface area contributed by atoms with Crippen LogP contribution in [0.5, 0.6) is 11.5 Å². The lowest BCUT2D eigenvalue weighted by molar-refractivity contribution is -0.113. The van der Waals surface area contributed by atoms with Gasteiger partial charge in [0.2, 0.25) is 12.7 Å². The number of benzene rings is 3. The first-order chi connectivity index (χ1) is 17.1. The zero-order valence-electron chi connectivity index (χ0n) is 18.1. The van der Waals surface area contributed by atoms with Crippen molar-refractivity contribution < 1.29 is 18.7 Å². The van der Waals surface area contributed by atoms with Gasteiger partial charge in [-0.25, -0.2) is 9.37 Å². The molecule has 5 aromatic rings. The summed E-state index contributed by atoms with van der Waals surface area (Å²) >= 11 is 1.05. The second-order valence-corrected chi connectivity index (χ2v) is 8.73. The molecule has 0 atom stereocenters. The van der Waals surface area contributed by atoms with E-state index in [9.17, 15) is 14.0 Å². The van der Waals surface area contributed by atoms with E-state index in [2.05, 4.69) is 15.3 Å². The molecule has 1 aliphatic heterocycles. The van der Waals surface area contributed by atoms with Gasteiger partial charge in [-0.1, -0.05) is 42.1 Å². The van der Waals surface area contributed by atoms with Crippen LogP contribution in [0, 0.1) is 5.82 Å². The Bertz CT molecular complexity index is 1680. The zero-order chi connectivity index (χ0) is 23.9. The minimum absolute atomic E-state index is 0.0524. The van der Waals surface area contributed by atoms with Crippen molar-refractivity contribution in [2.75, 3.05) is 17.9 Å². The Balaban J connectivity index is 1.37. The number of para-hydroxylation sites is 2. The number of aromatic nitrogens is 3. The molecule has 0 spiro atoms. The topological polar surface area (TPSA) is 98.2 Å². The van der Waals surface area contributed by atoms with Crippen LogP contribution in [0.15, 0.2) is 76.7 Å². The smallest absolute Gasteiger partial charge is 0.283 e. The van der Waals surface area contributed by atoms with Crippen LogP contribution in [0.1, 0.15) is 0 Å². The maximum Gasteiger partial charge on any atom is 0.283 e.